The summed E-state index contributed by atoms with van der Waals surface area (Å²) >= 11 is 0. The molecule has 2 aromatic rings. The van der Waals surface area contributed by atoms with Crippen molar-refractivity contribution >= 4 is 22.8 Å². The molecule has 4 heteroatoms. The molecule has 23 heavy (non-hydrogen) atoms. The molecule has 0 aliphatic carbocycles. The Labute approximate surface area is 136 Å². The highest BCUT2D eigenvalue weighted by molar-refractivity contribution is 6.04. The van der Waals surface area contributed by atoms with Crippen molar-refractivity contribution in [2.75, 3.05) is 6.61 Å². The van der Waals surface area contributed by atoms with Crippen molar-refractivity contribution in [3.63, 3.8) is 0 Å². The molecule has 0 saturated carbocycles. The first-order chi connectivity index (χ1) is 11.0. The lowest BCUT2D eigenvalue weighted by Gasteiger charge is -2.17. The largest absolute Gasteiger partial charge is 0.494 e. The van der Waals surface area contributed by atoms with Crippen LogP contribution in [0.3, 0.4) is 0 Å². The first-order valence-electron chi connectivity index (χ1n) is 7.96. The number of carbonyl (C=O) groups excluding carboxylic acids is 1. The van der Waals surface area contributed by atoms with Crippen LogP contribution in [0.2, 0.25) is 0 Å². The lowest BCUT2D eigenvalue weighted by molar-refractivity contribution is -0.116. The monoisotopic (exact) mass is 310 g/mol. The number of nitrogens with one attached hydrogen (secondary N) is 2. The van der Waals surface area contributed by atoms with Crippen molar-refractivity contribution < 1.29 is 9.53 Å². The van der Waals surface area contributed by atoms with Gasteiger partial charge in [-0.05, 0) is 54.8 Å². The fourth-order valence-electron chi connectivity index (χ4n) is 2.77. The smallest absolute Gasteiger partial charge is 0.263 e. The zero-order valence-corrected chi connectivity index (χ0v) is 13.8. The van der Waals surface area contributed by atoms with Gasteiger partial charge >= 0.3 is 0 Å². The van der Waals surface area contributed by atoms with E-state index in [2.05, 4.69) is 29.9 Å². The fourth-order valence-corrected chi connectivity index (χ4v) is 2.77. The van der Waals surface area contributed by atoms with Gasteiger partial charge in [0.1, 0.15) is 5.75 Å². The number of fused-ring (bicyclic) bond motifs is 1. The van der Waals surface area contributed by atoms with Gasteiger partial charge in [-0.25, -0.2) is 5.43 Å². The van der Waals surface area contributed by atoms with E-state index < -0.39 is 5.54 Å². The number of benzene rings is 2. The second kappa shape index (κ2) is 6.05. The average molecular weight is 310 g/mol. The summed E-state index contributed by atoms with van der Waals surface area (Å²) in [7, 11) is 0. The van der Waals surface area contributed by atoms with Crippen LogP contribution in [0.1, 0.15) is 32.8 Å². The van der Waals surface area contributed by atoms with Crippen LogP contribution in [0.25, 0.3) is 16.8 Å². The van der Waals surface area contributed by atoms with Crippen LogP contribution >= 0.6 is 0 Å². The summed E-state index contributed by atoms with van der Waals surface area (Å²) in [6.07, 6.45) is 2.92. The minimum atomic E-state index is -0.404. The second-order valence-corrected chi connectivity index (χ2v) is 6.34. The third-order valence-electron chi connectivity index (χ3n) is 4.05. The zero-order chi connectivity index (χ0) is 16.4. The number of hydrazine groups is 1. The predicted octanol–water partition coefficient (Wildman–Crippen LogP) is 3.43. The van der Waals surface area contributed by atoms with E-state index in [9.17, 15) is 4.79 Å². The summed E-state index contributed by atoms with van der Waals surface area (Å²) < 4.78 is 5.80. The molecular weight excluding hydrogens is 288 g/mol. The van der Waals surface area contributed by atoms with Crippen molar-refractivity contribution in [3.8, 4) is 5.75 Å². The standard InChI is InChI=1S/C19H22N2O2/c1-4-9-23-15-10-13-7-5-6-8-16(13)14(11-15)12-17-18(22)20-21-19(17,2)3/h5-8,10-12,21H,4,9H2,1-3H3,(H,20,22)/b17-12+. The number of ether oxygens (including phenoxy) is 1. The van der Waals surface area contributed by atoms with Crippen molar-refractivity contribution in [2.45, 2.75) is 32.7 Å². The molecule has 0 aromatic heterocycles. The van der Waals surface area contributed by atoms with Crippen LogP contribution in [0.4, 0.5) is 0 Å². The Bertz CT molecular complexity index is 778. The molecule has 1 aliphatic rings. The third kappa shape index (κ3) is 3.08. The highest BCUT2D eigenvalue weighted by atomic mass is 16.5. The Kier molecular flexibility index (Phi) is 4.09. The van der Waals surface area contributed by atoms with Crippen LogP contribution in [0, 0.1) is 0 Å². The Morgan fingerprint density at radius 1 is 1.22 bits per heavy atom. The fraction of sp³-hybridized carbons (Fsp3) is 0.316. The Morgan fingerprint density at radius 3 is 2.70 bits per heavy atom. The summed E-state index contributed by atoms with van der Waals surface area (Å²) in [6, 6.07) is 12.2. The number of rotatable bonds is 4. The summed E-state index contributed by atoms with van der Waals surface area (Å²) in [6.45, 7) is 6.73. The number of hydrogen-bond donors (Lipinski definition) is 2. The first-order valence-corrected chi connectivity index (χ1v) is 7.96. The van der Waals surface area contributed by atoms with Gasteiger partial charge in [-0.2, -0.15) is 0 Å². The van der Waals surface area contributed by atoms with E-state index in [-0.39, 0.29) is 5.91 Å². The number of hydrogen-bond acceptors (Lipinski definition) is 3. The predicted molar refractivity (Wildman–Crippen MR) is 93.1 cm³/mol. The van der Waals surface area contributed by atoms with Crippen LogP contribution < -0.4 is 15.6 Å². The summed E-state index contributed by atoms with van der Waals surface area (Å²) in [5, 5.41) is 2.22. The van der Waals surface area contributed by atoms with E-state index in [0.29, 0.717) is 6.61 Å². The molecule has 2 N–H and O–H groups in total. The maximum atomic E-state index is 12.1. The van der Waals surface area contributed by atoms with Crippen LogP contribution in [-0.4, -0.2) is 18.1 Å². The van der Waals surface area contributed by atoms with Crippen molar-refractivity contribution in [2.24, 2.45) is 0 Å². The van der Waals surface area contributed by atoms with E-state index in [1.54, 1.807) is 0 Å². The summed E-state index contributed by atoms with van der Waals surface area (Å²) in [5.74, 6) is 0.750. The molecule has 4 nitrogen and oxygen atoms in total. The highest BCUT2D eigenvalue weighted by Crippen LogP contribution is 2.30. The molecule has 3 rings (SSSR count). The molecule has 1 fully saturated rings. The van der Waals surface area contributed by atoms with Gasteiger partial charge in [-0.3, -0.25) is 10.2 Å². The minimum absolute atomic E-state index is 0.0843. The van der Waals surface area contributed by atoms with Gasteiger partial charge in [0.05, 0.1) is 12.1 Å². The Morgan fingerprint density at radius 2 is 2.00 bits per heavy atom. The van der Waals surface area contributed by atoms with E-state index >= 15 is 0 Å². The van der Waals surface area contributed by atoms with Gasteiger partial charge in [-0.1, -0.05) is 31.2 Å². The van der Waals surface area contributed by atoms with Crippen molar-refractivity contribution in [1.82, 2.24) is 10.9 Å². The lowest BCUT2D eigenvalue weighted by atomic mass is 9.92. The quantitative estimate of drug-likeness (QED) is 0.851. The number of amides is 1. The Balaban J connectivity index is 2.13. The molecule has 120 valence electrons. The molecule has 1 saturated heterocycles. The van der Waals surface area contributed by atoms with Crippen molar-refractivity contribution in [1.29, 1.82) is 0 Å². The van der Waals surface area contributed by atoms with Crippen LogP contribution in [-0.2, 0) is 4.79 Å². The van der Waals surface area contributed by atoms with E-state index in [1.807, 2.05) is 44.2 Å². The normalized spacial score (nSPS) is 18.4. The zero-order valence-electron chi connectivity index (χ0n) is 13.8. The molecule has 0 unspecified atom stereocenters. The van der Waals surface area contributed by atoms with Gasteiger partial charge in [-0.15, -0.1) is 0 Å². The summed E-state index contributed by atoms with van der Waals surface area (Å²) in [5.41, 5.74) is 7.01. The van der Waals surface area contributed by atoms with Gasteiger partial charge < -0.3 is 4.74 Å². The molecule has 0 radical (unpaired) electrons. The number of carbonyl (C=O) groups is 1. The molecular formula is C19H22N2O2. The molecule has 1 heterocycles. The molecule has 0 atom stereocenters. The SMILES string of the molecule is CCCOc1cc(/C=C2\C(=O)NNC2(C)C)c2ccccc2c1. The molecule has 0 bridgehead atoms. The van der Waals surface area contributed by atoms with Crippen molar-refractivity contribution in [3.05, 3.63) is 47.5 Å². The van der Waals surface area contributed by atoms with E-state index in [0.717, 1.165) is 34.1 Å². The van der Waals surface area contributed by atoms with Gasteiger partial charge in [0, 0.05) is 5.57 Å². The highest BCUT2D eigenvalue weighted by Gasteiger charge is 2.35. The summed E-state index contributed by atoms with van der Waals surface area (Å²) in [4.78, 5) is 12.1. The van der Waals surface area contributed by atoms with Gasteiger partial charge in [0.2, 0.25) is 0 Å². The maximum absolute atomic E-state index is 12.1. The minimum Gasteiger partial charge on any atom is -0.494 e. The lowest BCUT2D eigenvalue weighted by Crippen LogP contribution is -2.38. The first kappa shape index (κ1) is 15.6. The molecule has 1 aliphatic heterocycles. The average Bonchev–Trinajstić information content (AvgIpc) is 2.79. The van der Waals surface area contributed by atoms with Crippen LogP contribution in [0.5, 0.6) is 5.75 Å². The van der Waals surface area contributed by atoms with E-state index in [4.69, 9.17) is 4.74 Å². The van der Waals surface area contributed by atoms with Gasteiger partial charge in [0.25, 0.3) is 5.91 Å². The van der Waals surface area contributed by atoms with Gasteiger partial charge in [0.15, 0.2) is 0 Å². The topological polar surface area (TPSA) is 50.4 Å². The van der Waals surface area contributed by atoms with E-state index in [1.165, 1.54) is 0 Å². The van der Waals surface area contributed by atoms with Crippen LogP contribution in [0.15, 0.2) is 42.0 Å². The maximum Gasteiger partial charge on any atom is 0.263 e. The second-order valence-electron chi connectivity index (χ2n) is 6.34. The molecule has 0 spiro atoms. The Hall–Kier alpha value is -2.33. The third-order valence-corrected chi connectivity index (χ3v) is 4.05. The molecule has 1 amide bonds. The molecule has 2 aromatic carbocycles.